The van der Waals surface area contributed by atoms with E-state index in [9.17, 15) is 19.2 Å². The molecule has 0 radical (unpaired) electrons. The molecule has 1 saturated heterocycles. The Morgan fingerprint density at radius 1 is 1.32 bits per heavy atom. The molecule has 4 amide bonds. The van der Waals surface area contributed by atoms with Crippen LogP contribution in [0, 0.1) is 0 Å². The summed E-state index contributed by atoms with van der Waals surface area (Å²) in [5.74, 6) is -1.73. The van der Waals surface area contributed by atoms with Crippen LogP contribution in [0.25, 0.3) is 0 Å². The zero-order chi connectivity index (χ0) is 20.5. The number of carbonyl (C=O) groups excluding carboxylic acids is 4. The largest absolute Gasteiger partial charge is 0.451 e. The Bertz CT molecular complexity index is 820. The maximum absolute atomic E-state index is 12.5. The number of fused-ring (bicyclic) bond motifs is 1. The van der Waals surface area contributed by atoms with E-state index in [1.807, 2.05) is 18.2 Å². The summed E-state index contributed by atoms with van der Waals surface area (Å²) >= 11 is 0. The van der Waals surface area contributed by atoms with Gasteiger partial charge in [-0.3, -0.25) is 19.3 Å². The first-order valence-electron chi connectivity index (χ1n) is 9.41. The van der Waals surface area contributed by atoms with Gasteiger partial charge < -0.3 is 15.4 Å². The van der Waals surface area contributed by atoms with E-state index < -0.39 is 42.0 Å². The molecule has 0 aromatic heterocycles. The number of urea groups is 1. The van der Waals surface area contributed by atoms with E-state index in [-0.39, 0.29) is 6.04 Å². The van der Waals surface area contributed by atoms with E-state index in [0.29, 0.717) is 0 Å². The van der Waals surface area contributed by atoms with Gasteiger partial charge in [0.1, 0.15) is 12.1 Å². The van der Waals surface area contributed by atoms with Crippen LogP contribution >= 0.6 is 0 Å². The highest BCUT2D eigenvalue weighted by Crippen LogP contribution is 2.29. The van der Waals surface area contributed by atoms with E-state index >= 15 is 0 Å². The SMILES string of the molecule is C[C@H](OC(=O)CN1C(=O)NC(C)(C)C1=O)C(=O)N[C@@H]1CCCc2ccccc21. The van der Waals surface area contributed by atoms with Gasteiger partial charge in [-0.15, -0.1) is 0 Å². The minimum atomic E-state index is -1.06. The number of carbonyl (C=O) groups is 4. The van der Waals surface area contributed by atoms with Crippen molar-refractivity contribution in [2.24, 2.45) is 0 Å². The highest BCUT2D eigenvalue weighted by atomic mass is 16.5. The third-order valence-corrected chi connectivity index (χ3v) is 5.09. The molecule has 1 aliphatic carbocycles. The van der Waals surface area contributed by atoms with Crippen LogP contribution in [0.3, 0.4) is 0 Å². The molecule has 2 aliphatic rings. The lowest BCUT2D eigenvalue weighted by molar-refractivity contribution is -0.156. The molecule has 0 saturated carbocycles. The summed E-state index contributed by atoms with van der Waals surface area (Å²) in [4.78, 5) is 49.4. The highest BCUT2D eigenvalue weighted by Gasteiger charge is 2.45. The predicted molar refractivity (Wildman–Crippen MR) is 100 cm³/mol. The Balaban J connectivity index is 1.56. The van der Waals surface area contributed by atoms with Crippen molar-refractivity contribution in [2.75, 3.05) is 6.54 Å². The van der Waals surface area contributed by atoms with Crippen LogP contribution in [-0.2, 0) is 25.5 Å². The number of nitrogens with zero attached hydrogens (tertiary/aromatic N) is 1. The molecule has 0 spiro atoms. The quantitative estimate of drug-likeness (QED) is 0.588. The Hall–Kier alpha value is -2.90. The molecule has 28 heavy (non-hydrogen) atoms. The van der Waals surface area contributed by atoms with Crippen molar-refractivity contribution in [3.05, 3.63) is 35.4 Å². The van der Waals surface area contributed by atoms with Crippen molar-refractivity contribution < 1.29 is 23.9 Å². The molecule has 150 valence electrons. The van der Waals surface area contributed by atoms with Crippen molar-refractivity contribution in [2.45, 2.75) is 57.7 Å². The summed E-state index contributed by atoms with van der Waals surface area (Å²) in [5.41, 5.74) is 1.24. The van der Waals surface area contributed by atoms with Gasteiger partial charge in [-0.2, -0.15) is 0 Å². The summed E-state index contributed by atoms with van der Waals surface area (Å²) in [5, 5.41) is 5.42. The second-order valence-electron chi connectivity index (χ2n) is 7.73. The fraction of sp³-hybridized carbons (Fsp3) is 0.500. The van der Waals surface area contributed by atoms with E-state index in [1.54, 1.807) is 13.8 Å². The van der Waals surface area contributed by atoms with Crippen molar-refractivity contribution >= 4 is 23.8 Å². The molecule has 8 heteroatoms. The lowest BCUT2D eigenvalue weighted by Crippen LogP contribution is -2.43. The third kappa shape index (κ3) is 4.00. The molecule has 2 atom stereocenters. The first-order valence-corrected chi connectivity index (χ1v) is 9.41. The standard InChI is InChI=1S/C20H25N3O5/c1-12(28-16(24)11-23-18(26)20(2,3)22-19(23)27)17(25)21-15-10-6-8-13-7-4-5-9-14(13)15/h4-5,7,9,12,15H,6,8,10-11H2,1-3H3,(H,21,25)(H,22,27)/t12-,15+/m0/s1. The van der Waals surface area contributed by atoms with Gasteiger partial charge in [0.15, 0.2) is 6.10 Å². The van der Waals surface area contributed by atoms with Crippen molar-refractivity contribution in [1.82, 2.24) is 15.5 Å². The van der Waals surface area contributed by atoms with Crippen LogP contribution in [-0.4, -0.2) is 46.9 Å². The van der Waals surface area contributed by atoms with E-state index in [1.165, 1.54) is 12.5 Å². The molecule has 8 nitrogen and oxygen atoms in total. The molecule has 1 heterocycles. The monoisotopic (exact) mass is 387 g/mol. The minimum Gasteiger partial charge on any atom is -0.451 e. The zero-order valence-corrected chi connectivity index (χ0v) is 16.3. The maximum atomic E-state index is 12.5. The van der Waals surface area contributed by atoms with Gasteiger partial charge in [0.05, 0.1) is 6.04 Å². The zero-order valence-electron chi connectivity index (χ0n) is 16.3. The van der Waals surface area contributed by atoms with Crippen LogP contribution in [0.15, 0.2) is 24.3 Å². The number of aryl methyl sites for hydroxylation is 1. The number of esters is 1. The highest BCUT2D eigenvalue weighted by molar-refractivity contribution is 6.08. The van der Waals surface area contributed by atoms with Crippen LogP contribution in [0.1, 0.15) is 50.8 Å². The summed E-state index contributed by atoms with van der Waals surface area (Å²) in [6.45, 7) is 4.04. The maximum Gasteiger partial charge on any atom is 0.327 e. The van der Waals surface area contributed by atoms with E-state index in [0.717, 1.165) is 29.7 Å². The molecule has 1 fully saturated rings. The Labute approximate surface area is 163 Å². The van der Waals surface area contributed by atoms with Gasteiger partial charge in [-0.25, -0.2) is 4.79 Å². The second-order valence-corrected chi connectivity index (χ2v) is 7.73. The second kappa shape index (κ2) is 7.61. The molecule has 1 aromatic rings. The third-order valence-electron chi connectivity index (χ3n) is 5.09. The molecular weight excluding hydrogens is 362 g/mol. The first-order chi connectivity index (χ1) is 13.2. The minimum absolute atomic E-state index is 0.120. The predicted octanol–water partition coefficient (Wildman–Crippen LogP) is 1.44. The van der Waals surface area contributed by atoms with Crippen molar-refractivity contribution in [3.8, 4) is 0 Å². The molecule has 3 rings (SSSR count). The number of imide groups is 1. The number of amides is 4. The molecular formula is C20H25N3O5. The number of ether oxygens (including phenoxy) is 1. The van der Waals surface area contributed by atoms with E-state index in [2.05, 4.69) is 16.7 Å². The van der Waals surface area contributed by atoms with Gasteiger partial charge >= 0.3 is 12.0 Å². The molecule has 0 unspecified atom stereocenters. The van der Waals surface area contributed by atoms with Gasteiger partial charge in [0.2, 0.25) is 0 Å². The number of nitrogens with one attached hydrogen (secondary N) is 2. The molecule has 0 bridgehead atoms. The fourth-order valence-electron chi connectivity index (χ4n) is 3.57. The van der Waals surface area contributed by atoms with Gasteiger partial charge in [0.25, 0.3) is 11.8 Å². The topological polar surface area (TPSA) is 105 Å². The smallest absolute Gasteiger partial charge is 0.327 e. The number of hydrogen-bond donors (Lipinski definition) is 2. The van der Waals surface area contributed by atoms with Crippen molar-refractivity contribution in [3.63, 3.8) is 0 Å². The van der Waals surface area contributed by atoms with Gasteiger partial charge in [-0.05, 0) is 51.2 Å². The number of hydrogen-bond acceptors (Lipinski definition) is 5. The normalized spacial score (nSPS) is 21.5. The summed E-state index contributed by atoms with van der Waals surface area (Å²) in [7, 11) is 0. The Morgan fingerprint density at radius 2 is 2.04 bits per heavy atom. The van der Waals surface area contributed by atoms with Crippen LogP contribution in [0.2, 0.25) is 0 Å². The Kier molecular flexibility index (Phi) is 5.40. The number of benzene rings is 1. The van der Waals surface area contributed by atoms with Crippen LogP contribution in [0.5, 0.6) is 0 Å². The molecule has 1 aromatic carbocycles. The lowest BCUT2D eigenvalue weighted by Gasteiger charge is -2.27. The fourth-order valence-corrected chi connectivity index (χ4v) is 3.57. The summed E-state index contributed by atoms with van der Waals surface area (Å²) in [6, 6.07) is 7.19. The summed E-state index contributed by atoms with van der Waals surface area (Å²) < 4.78 is 5.14. The lowest BCUT2D eigenvalue weighted by atomic mass is 9.87. The van der Waals surface area contributed by atoms with Crippen LogP contribution in [0.4, 0.5) is 4.79 Å². The average molecular weight is 387 g/mol. The van der Waals surface area contributed by atoms with Gasteiger partial charge in [-0.1, -0.05) is 24.3 Å². The molecule has 1 aliphatic heterocycles. The van der Waals surface area contributed by atoms with Gasteiger partial charge in [0, 0.05) is 0 Å². The average Bonchev–Trinajstić information content (AvgIpc) is 2.83. The first kappa shape index (κ1) is 19.9. The number of rotatable bonds is 5. The van der Waals surface area contributed by atoms with E-state index in [4.69, 9.17) is 4.74 Å². The van der Waals surface area contributed by atoms with Crippen molar-refractivity contribution in [1.29, 1.82) is 0 Å². The molecule has 2 N–H and O–H groups in total. The Morgan fingerprint density at radius 3 is 2.71 bits per heavy atom. The van der Waals surface area contributed by atoms with Crippen LogP contribution < -0.4 is 10.6 Å². The summed E-state index contributed by atoms with van der Waals surface area (Å²) in [6.07, 6.45) is 1.74.